The minimum Gasteiger partial charge on any atom is -0.370 e. The van der Waals surface area contributed by atoms with E-state index in [1.165, 1.54) is 21.9 Å². The second kappa shape index (κ2) is 11.1. The van der Waals surface area contributed by atoms with Crippen LogP contribution < -0.4 is 16.0 Å². The number of amides is 2. The number of nitrogens with two attached hydrogens (primary N) is 1. The first-order chi connectivity index (χ1) is 15.3. The quantitative estimate of drug-likeness (QED) is 0.524. The van der Waals surface area contributed by atoms with Gasteiger partial charge in [-0.1, -0.05) is 6.42 Å². The van der Waals surface area contributed by atoms with E-state index in [1.807, 2.05) is 0 Å². The number of nitrogens with one attached hydrogen (secondary N) is 1. The number of anilines is 2. The van der Waals surface area contributed by atoms with Gasteiger partial charge in [0.2, 0.25) is 5.91 Å². The summed E-state index contributed by atoms with van der Waals surface area (Å²) in [6.07, 6.45) is -2.67. The zero-order valence-corrected chi connectivity index (χ0v) is 17.6. The van der Waals surface area contributed by atoms with Gasteiger partial charge >= 0.3 is 0 Å². The number of halogens is 4. The van der Waals surface area contributed by atoms with Crippen LogP contribution in [-0.2, 0) is 14.3 Å². The summed E-state index contributed by atoms with van der Waals surface area (Å²) in [5.41, 5.74) is 5.44. The van der Waals surface area contributed by atoms with Crippen LogP contribution >= 0.6 is 0 Å². The van der Waals surface area contributed by atoms with E-state index in [4.69, 9.17) is 10.5 Å². The molecule has 32 heavy (non-hydrogen) atoms. The molecule has 0 aromatic heterocycles. The summed E-state index contributed by atoms with van der Waals surface area (Å²) < 4.78 is 58.7. The maximum absolute atomic E-state index is 13.7. The first-order valence-corrected chi connectivity index (χ1v) is 10.6. The van der Waals surface area contributed by atoms with Crippen molar-refractivity contribution in [1.82, 2.24) is 4.90 Å². The monoisotopic (exact) mass is 460 g/mol. The van der Waals surface area contributed by atoms with Gasteiger partial charge in [0.1, 0.15) is 12.6 Å². The highest BCUT2D eigenvalue weighted by molar-refractivity contribution is 5.97. The molecule has 178 valence electrons. The second-order valence-corrected chi connectivity index (χ2v) is 8.05. The average Bonchev–Trinajstić information content (AvgIpc) is 2.71. The molecule has 0 spiro atoms. The van der Waals surface area contributed by atoms with E-state index in [0.717, 1.165) is 25.3 Å². The van der Waals surface area contributed by atoms with Gasteiger partial charge in [-0.2, -0.15) is 0 Å². The van der Waals surface area contributed by atoms with Crippen LogP contribution in [0.4, 0.5) is 28.9 Å². The number of hydrogen-bond acceptors (Lipinski definition) is 5. The molecule has 1 aromatic rings. The van der Waals surface area contributed by atoms with Crippen LogP contribution in [0.15, 0.2) is 18.2 Å². The largest absolute Gasteiger partial charge is 0.370 e. The smallest absolute Gasteiger partial charge is 0.265 e. The molecular weight excluding hydrogens is 432 g/mol. The van der Waals surface area contributed by atoms with E-state index in [-0.39, 0.29) is 43.6 Å². The average molecular weight is 460 g/mol. The Morgan fingerprint density at radius 1 is 1.28 bits per heavy atom. The van der Waals surface area contributed by atoms with Crippen LogP contribution in [-0.4, -0.2) is 68.6 Å². The number of benzene rings is 1. The minimum atomic E-state index is -2.89. The third-order valence-corrected chi connectivity index (χ3v) is 5.86. The van der Waals surface area contributed by atoms with Gasteiger partial charge in [-0.15, -0.1) is 0 Å². The first-order valence-electron chi connectivity index (χ1n) is 10.6. The van der Waals surface area contributed by atoms with Gasteiger partial charge in [0.05, 0.1) is 18.8 Å². The molecule has 1 heterocycles. The van der Waals surface area contributed by atoms with E-state index >= 15 is 0 Å². The van der Waals surface area contributed by atoms with Crippen LogP contribution in [0, 0.1) is 5.92 Å². The topological polar surface area (TPSA) is 87.9 Å². The zero-order chi connectivity index (χ0) is 23.3. The number of alkyl halides is 4. The summed E-state index contributed by atoms with van der Waals surface area (Å²) >= 11 is 0. The van der Waals surface area contributed by atoms with E-state index in [9.17, 15) is 27.2 Å². The molecule has 1 saturated heterocycles. The molecule has 3 rings (SSSR count). The lowest BCUT2D eigenvalue weighted by molar-refractivity contribution is -0.125. The van der Waals surface area contributed by atoms with E-state index in [1.54, 1.807) is 0 Å². The van der Waals surface area contributed by atoms with Gasteiger partial charge in [-0.3, -0.25) is 14.5 Å². The molecule has 0 bridgehead atoms. The summed E-state index contributed by atoms with van der Waals surface area (Å²) in [6.45, 7) is -0.269. The fourth-order valence-corrected chi connectivity index (χ4v) is 3.99. The van der Waals surface area contributed by atoms with Gasteiger partial charge in [-0.25, -0.2) is 17.6 Å². The highest BCUT2D eigenvalue weighted by Crippen LogP contribution is 2.33. The summed E-state index contributed by atoms with van der Waals surface area (Å²) in [4.78, 5) is 27.5. The molecule has 0 unspecified atom stereocenters. The molecule has 1 aromatic carbocycles. The van der Waals surface area contributed by atoms with E-state index in [0.29, 0.717) is 6.54 Å². The fourth-order valence-electron chi connectivity index (χ4n) is 3.99. The lowest BCUT2D eigenvalue weighted by Gasteiger charge is -2.36. The maximum atomic E-state index is 13.7. The molecule has 2 fully saturated rings. The van der Waals surface area contributed by atoms with Crippen molar-refractivity contribution in [3.05, 3.63) is 23.8 Å². The van der Waals surface area contributed by atoms with Crippen LogP contribution in [0.2, 0.25) is 0 Å². The standard InChI is InChI=1S/C21H28F4N4O3/c22-18(23)11-28(10-13-2-1-3-13)17(9-26)21(31)27-14-4-5-16(15(8-14)20(24)25)29-6-7-32-12-19(29)30/h4-5,8,13,17-18,20H,1-3,6-7,9-12,26H2,(H,27,31)/t17-/m0/s1. The van der Waals surface area contributed by atoms with Crippen molar-refractivity contribution in [2.24, 2.45) is 11.7 Å². The predicted molar refractivity (Wildman–Crippen MR) is 111 cm³/mol. The summed E-state index contributed by atoms with van der Waals surface area (Å²) in [7, 11) is 0. The Morgan fingerprint density at radius 2 is 2.03 bits per heavy atom. The Balaban J connectivity index is 1.77. The first kappa shape index (κ1) is 24.4. The number of rotatable bonds is 10. The van der Waals surface area contributed by atoms with Gasteiger partial charge in [0.15, 0.2) is 0 Å². The Hall–Kier alpha value is -2.24. The van der Waals surface area contributed by atoms with Crippen molar-refractivity contribution in [2.45, 2.75) is 38.2 Å². The molecule has 11 heteroatoms. The summed E-state index contributed by atoms with van der Waals surface area (Å²) in [5.74, 6) is -0.828. The van der Waals surface area contributed by atoms with Crippen LogP contribution in [0.3, 0.4) is 0 Å². The van der Waals surface area contributed by atoms with Crippen molar-refractivity contribution < 1.29 is 31.9 Å². The van der Waals surface area contributed by atoms with E-state index < -0.39 is 42.8 Å². The van der Waals surface area contributed by atoms with Crippen molar-refractivity contribution in [3.63, 3.8) is 0 Å². The Labute approximate surface area is 183 Å². The summed E-state index contributed by atoms with van der Waals surface area (Å²) in [6, 6.07) is 2.82. The number of carbonyl (C=O) groups excluding carboxylic acids is 2. The molecule has 0 radical (unpaired) electrons. The number of hydrogen-bond donors (Lipinski definition) is 2. The highest BCUT2D eigenvalue weighted by atomic mass is 19.3. The molecule has 1 aliphatic carbocycles. The van der Waals surface area contributed by atoms with Crippen LogP contribution in [0.25, 0.3) is 0 Å². The van der Waals surface area contributed by atoms with Crippen LogP contribution in [0.1, 0.15) is 31.3 Å². The number of carbonyl (C=O) groups is 2. The van der Waals surface area contributed by atoms with Gasteiger partial charge < -0.3 is 20.7 Å². The molecule has 1 aliphatic heterocycles. The highest BCUT2D eigenvalue weighted by Gasteiger charge is 2.31. The zero-order valence-electron chi connectivity index (χ0n) is 17.6. The number of morpholine rings is 1. The summed E-state index contributed by atoms with van der Waals surface area (Å²) in [5, 5.41) is 2.53. The molecule has 2 aliphatic rings. The molecule has 1 saturated carbocycles. The van der Waals surface area contributed by atoms with Gasteiger partial charge in [-0.05, 0) is 37.0 Å². The lowest BCUT2D eigenvalue weighted by Crippen LogP contribution is -2.52. The Bertz CT molecular complexity index is 807. The fraction of sp³-hybridized carbons (Fsp3) is 0.619. The maximum Gasteiger partial charge on any atom is 0.265 e. The minimum absolute atomic E-state index is 0.0472. The third-order valence-electron chi connectivity index (χ3n) is 5.86. The molecule has 7 nitrogen and oxygen atoms in total. The molecule has 1 atom stereocenters. The Kier molecular flexibility index (Phi) is 8.44. The predicted octanol–water partition coefficient (Wildman–Crippen LogP) is 2.62. The second-order valence-electron chi connectivity index (χ2n) is 8.05. The van der Waals surface area contributed by atoms with Gasteiger partial charge in [0, 0.05) is 30.9 Å². The van der Waals surface area contributed by atoms with E-state index in [2.05, 4.69) is 5.32 Å². The van der Waals surface area contributed by atoms with Crippen LogP contribution in [0.5, 0.6) is 0 Å². The molecule has 3 N–H and O–H groups in total. The van der Waals surface area contributed by atoms with Gasteiger partial charge in [0.25, 0.3) is 18.8 Å². The van der Waals surface area contributed by atoms with Crippen molar-refractivity contribution >= 4 is 23.2 Å². The van der Waals surface area contributed by atoms with Crippen molar-refractivity contribution in [1.29, 1.82) is 0 Å². The molecule has 2 amide bonds. The normalized spacial score (nSPS) is 18.4. The third kappa shape index (κ3) is 5.96. The SMILES string of the molecule is NC[C@@H](C(=O)Nc1ccc(N2CCOCC2=O)c(C(F)F)c1)N(CC(F)F)CC1CCC1. The molecular formula is C21H28F4N4O3. The number of ether oxygens (including phenoxy) is 1. The van der Waals surface area contributed by atoms with Crippen molar-refractivity contribution in [3.8, 4) is 0 Å². The van der Waals surface area contributed by atoms with Crippen molar-refractivity contribution in [2.75, 3.05) is 49.6 Å². The Morgan fingerprint density at radius 3 is 2.59 bits per heavy atom. The number of nitrogens with zero attached hydrogens (tertiary/aromatic N) is 2. The lowest BCUT2D eigenvalue weighted by atomic mass is 9.85.